The van der Waals surface area contributed by atoms with Gasteiger partial charge in [0.25, 0.3) is 0 Å². The van der Waals surface area contributed by atoms with Gasteiger partial charge in [-0.05, 0) is 0 Å². The summed E-state index contributed by atoms with van der Waals surface area (Å²) in [7, 11) is 0. The highest BCUT2D eigenvalue weighted by molar-refractivity contribution is 5.85. The minimum Gasteiger partial charge on any atom is -0.481 e. The van der Waals surface area contributed by atoms with Gasteiger partial charge in [0.05, 0.1) is 119 Å². The molecule has 0 aromatic heterocycles. The van der Waals surface area contributed by atoms with E-state index in [4.69, 9.17) is 48.9 Å². The lowest BCUT2D eigenvalue weighted by atomic mass is 10.5. The highest BCUT2D eigenvalue weighted by atomic mass is 35.5. The van der Waals surface area contributed by atoms with Gasteiger partial charge in [-0.15, -0.1) is 12.4 Å². The van der Waals surface area contributed by atoms with E-state index in [1.165, 1.54) is 0 Å². The number of hydrogen-bond acceptors (Lipinski definition) is 11. The second-order valence-electron chi connectivity index (χ2n) is 5.91. The zero-order valence-electron chi connectivity index (χ0n) is 18.7. The summed E-state index contributed by atoms with van der Waals surface area (Å²) in [6.07, 6.45) is 0.00186. The average Bonchev–Trinajstić information content (AvgIpc) is 2.76. The standard InChI is InChI=1S/C19H39NO11.ClH/c20-31-18-17-30-16-15-29-14-13-28-12-11-27-10-9-26-8-7-25-6-5-24-4-3-23-2-1-19(21)22;/h1-18,20H2,(H,21,22);1H. The number of rotatable bonds is 27. The first-order valence-electron chi connectivity index (χ1n) is 10.4. The first-order chi connectivity index (χ1) is 15.3. The summed E-state index contributed by atoms with van der Waals surface area (Å²) < 4.78 is 42.4. The normalized spacial score (nSPS) is 10.9. The van der Waals surface area contributed by atoms with E-state index in [2.05, 4.69) is 4.84 Å². The van der Waals surface area contributed by atoms with Crippen LogP contribution in [0.15, 0.2) is 0 Å². The third-order valence-electron chi connectivity index (χ3n) is 3.41. The Bertz CT molecular complexity index is 370. The van der Waals surface area contributed by atoms with Crippen LogP contribution >= 0.6 is 12.4 Å². The van der Waals surface area contributed by atoms with Crippen molar-refractivity contribution in [3.63, 3.8) is 0 Å². The Morgan fingerprint density at radius 1 is 0.469 bits per heavy atom. The molecule has 32 heavy (non-hydrogen) atoms. The topological polar surface area (TPSA) is 146 Å². The molecule has 0 bridgehead atoms. The Hall–Kier alpha value is -0.640. The molecule has 3 N–H and O–H groups in total. The molecule has 0 aromatic rings. The second kappa shape index (κ2) is 30.4. The van der Waals surface area contributed by atoms with Gasteiger partial charge in [0, 0.05) is 0 Å². The van der Waals surface area contributed by atoms with Crippen LogP contribution in [0.4, 0.5) is 0 Å². The van der Waals surface area contributed by atoms with Crippen molar-refractivity contribution in [2.24, 2.45) is 5.90 Å². The largest absolute Gasteiger partial charge is 0.481 e. The zero-order chi connectivity index (χ0) is 22.7. The quantitative estimate of drug-likeness (QED) is 0.116. The summed E-state index contributed by atoms with van der Waals surface area (Å²) in [6.45, 7) is 7.68. The maximum atomic E-state index is 10.3. The monoisotopic (exact) mass is 493 g/mol. The van der Waals surface area contributed by atoms with Crippen LogP contribution in [-0.4, -0.2) is 123 Å². The summed E-state index contributed by atoms with van der Waals surface area (Å²) in [5, 5.41) is 8.44. The van der Waals surface area contributed by atoms with E-state index in [1.807, 2.05) is 0 Å². The van der Waals surface area contributed by atoms with E-state index in [-0.39, 0.29) is 25.4 Å². The molecule has 0 unspecified atom stereocenters. The van der Waals surface area contributed by atoms with Crippen LogP contribution in [0.2, 0.25) is 0 Å². The Kier molecular flexibility index (Phi) is 31.8. The predicted octanol–water partition coefficient (Wildman–Crippen LogP) is -0.0940. The highest BCUT2D eigenvalue weighted by Gasteiger charge is 1.97. The van der Waals surface area contributed by atoms with Crippen LogP contribution in [0.1, 0.15) is 6.42 Å². The van der Waals surface area contributed by atoms with Crippen molar-refractivity contribution in [3.8, 4) is 0 Å². The fraction of sp³-hybridized carbons (Fsp3) is 0.947. The molecule has 0 saturated heterocycles. The molecule has 0 amide bonds. The lowest BCUT2D eigenvalue weighted by molar-refractivity contribution is -0.138. The molecule has 0 aliphatic carbocycles. The Morgan fingerprint density at radius 2 is 0.688 bits per heavy atom. The van der Waals surface area contributed by atoms with Gasteiger partial charge in [-0.25, -0.2) is 5.90 Å². The van der Waals surface area contributed by atoms with Gasteiger partial charge in [-0.2, -0.15) is 0 Å². The maximum Gasteiger partial charge on any atom is 0.305 e. The van der Waals surface area contributed by atoms with Crippen molar-refractivity contribution in [3.05, 3.63) is 0 Å². The van der Waals surface area contributed by atoms with Gasteiger partial charge in [0.1, 0.15) is 0 Å². The molecular formula is C19H40ClNO11. The first-order valence-corrected chi connectivity index (χ1v) is 10.4. The predicted molar refractivity (Wildman–Crippen MR) is 116 cm³/mol. The summed E-state index contributed by atoms with van der Waals surface area (Å²) in [5.74, 6) is 3.99. The number of hydrogen-bond donors (Lipinski definition) is 2. The fourth-order valence-corrected chi connectivity index (χ4v) is 1.91. The minimum absolute atomic E-state index is 0. The molecule has 0 saturated carbocycles. The summed E-state index contributed by atoms with van der Waals surface area (Å²) in [5.41, 5.74) is 0. The van der Waals surface area contributed by atoms with Gasteiger partial charge in [-0.1, -0.05) is 0 Å². The third-order valence-corrected chi connectivity index (χ3v) is 3.41. The molecule has 0 spiro atoms. The summed E-state index contributed by atoms with van der Waals surface area (Å²) in [4.78, 5) is 14.6. The van der Waals surface area contributed by atoms with E-state index in [1.54, 1.807) is 0 Å². The highest BCUT2D eigenvalue weighted by Crippen LogP contribution is 1.86. The fourth-order valence-electron chi connectivity index (χ4n) is 1.91. The first kappa shape index (κ1) is 33.5. The number of carboxylic acids is 1. The van der Waals surface area contributed by atoms with Gasteiger partial charge >= 0.3 is 5.97 Å². The van der Waals surface area contributed by atoms with Crippen molar-refractivity contribution in [1.29, 1.82) is 0 Å². The molecule has 194 valence electrons. The number of ether oxygens (including phenoxy) is 8. The number of carbonyl (C=O) groups is 1. The molecule has 0 atom stereocenters. The third kappa shape index (κ3) is 31.5. The number of aliphatic carboxylic acids is 1. The van der Waals surface area contributed by atoms with Crippen molar-refractivity contribution in [1.82, 2.24) is 0 Å². The van der Waals surface area contributed by atoms with Crippen molar-refractivity contribution >= 4 is 18.4 Å². The van der Waals surface area contributed by atoms with Gasteiger partial charge in [0.15, 0.2) is 0 Å². The molecule has 0 rings (SSSR count). The lowest BCUT2D eigenvalue weighted by Crippen LogP contribution is -2.15. The zero-order valence-corrected chi connectivity index (χ0v) is 19.6. The number of halogens is 1. The number of carboxylic acid groups (broad SMARTS) is 1. The maximum absolute atomic E-state index is 10.3. The van der Waals surface area contributed by atoms with E-state index in [0.29, 0.717) is 106 Å². The van der Waals surface area contributed by atoms with E-state index in [9.17, 15) is 4.79 Å². The Morgan fingerprint density at radius 3 is 0.906 bits per heavy atom. The SMILES string of the molecule is Cl.NOCCOCCOCCOCCOCCOCCOCCOCCOCCC(=O)O. The molecule has 0 aliphatic heterocycles. The van der Waals surface area contributed by atoms with Crippen molar-refractivity contribution in [2.45, 2.75) is 6.42 Å². The molecule has 0 aliphatic rings. The molecular weight excluding hydrogens is 454 g/mol. The van der Waals surface area contributed by atoms with Crippen LogP contribution in [0.3, 0.4) is 0 Å². The second-order valence-corrected chi connectivity index (χ2v) is 5.91. The Labute approximate surface area is 196 Å². The molecule has 12 nitrogen and oxygen atoms in total. The van der Waals surface area contributed by atoms with Crippen LogP contribution in [0.5, 0.6) is 0 Å². The smallest absolute Gasteiger partial charge is 0.305 e. The molecule has 13 heteroatoms. The van der Waals surface area contributed by atoms with Gasteiger partial charge < -0.3 is 47.8 Å². The molecule has 0 radical (unpaired) electrons. The van der Waals surface area contributed by atoms with E-state index in [0.717, 1.165) is 0 Å². The molecule has 0 aromatic carbocycles. The van der Waals surface area contributed by atoms with Crippen molar-refractivity contribution < 1.29 is 52.6 Å². The van der Waals surface area contributed by atoms with Crippen molar-refractivity contribution in [2.75, 3.05) is 112 Å². The van der Waals surface area contributed by atoms with Crippen LogP contribution in [0, 0.1) is 0 Å². The average molecular weight is 494 g/mol. The van der Waals surface area contributed by atoms with Gasteiger partial charge in [0.2, 0.25) is 0 Å². The van der Waals surface area contributed by atoms with E-state index < -0.39 is 5.97 Å². The number of nitrogens with two attached hydrogens (primary N) is 1. The van der Waals surface area contributed by atoms with Crippen LogP contribution in [0.25, 0.3) is 0 Å². The van der Waals surface area contributed by atoms with Crippen LogP contribution in [-0.2, 0) is 47.5 Å². The van der Waals surface area contributed by atoms with Crippen LogP contribution < -0.4 is 5.90 Å². The Balaban J connectivity index is 0. The summed E-state index contributed by atoms with van der Waals surface area (Å²) >= 11 is 0. The molecule has 0 fully saturated rings. The minimum atomic E-state index is -0.872. The van der Waals surface area contributed by atoms with Gasteiger partial charge in [-0.3, -0.25) is 4.79 Å². The lowest BCUT2D eigenvalue weighted by Gasteiger charge is -2.08. The van der Waals surface area contributed by atoms with E-state index >= 15 is 0 Å². The molecule has 0 heterocycles. The summed E-state index contributed by atoms with van der Waals surface area (Å²) in [6, 6.07) is 0.